The lowest BCUT2D eigenvalue weighted by molar-refractivity contribution is 0.468. The lowest BCUT2D eigenvalue weighted by Gasteiger charge is -2.35. The molecule has 2 aromatic rings. The summed E-state index contributed by atoms with van der Waals surface area (Å²) in [6.07, 6.45) is 2.28. The minimum atomic E-state index is -0.882. The molecule has 2 aromatic carbocycles. The highest BCUT2D eigenvalue weighted by Crippen LogP contribution is 2.20. The summed E-state index contributed by atoms with van der Waals surface area (Å²) in [5, 5.41) is 6.86. The number of aryl methyl sites for hydroxylation is 1. The van der Waals surface area contributed by atoms with Crippen molar-refractivity contribution >= 4 is 22.4 Å². The first-order valence-corrected chi connectivity index (χ1v) is 11.8. The van der Waals surface area contributed by atoms with Crippen LogP contribution in [-0.4, -0.2) is 48.6 Å². The van der Waals surface area contributed by atoms with Crippen molar-refractivity contribution in [1.29, 1.82) is 0 Å². The van der Waals surface area contributed by atoms with Crippen molar-refractivity contribution in [1.82, 2.24) is 10.6 Å². The molecule has 1 saturated heterocycles. The van der Waals surface area contributed by atoms with Crippen molar-refractivity contribution in [3.63, 3.8) is 0 Å². The Balaban J connectivity index is 1.43. The van der Waals surface area contributed by atoms with Gasteiger partial charge < -0.3 is 15.5 Å². The number of nitrogens with zero attached hydrogens (tertiary/aromatic N) is 2. The number of hydrogen-bond acceptors (Lipinski definition) is 3. The maximum atomic E-state index is 12.3. The van der Waals surface area contributed by atoms with Crippen LogP contribution in [0.1, 0.15) is 24.0 Å². The van der Waals surface area contributed by atoms with Gasteiger partial charge in [0.1, 0.15) is 0 Å². The smallest absolute Gasteiger partial charge is 0.191 e. The molecule has 0 aliphatic carbocycles. The van der Waals surface area contributed by atoms with Gasteiger partial charge in [-0.15, -0.1) is 0 Å². The molecule has 0 saturated carbocycles. The molecule has 2 atom stereocenters. The first kappa shape index (κ1) is 21.4. The zero-order chi connectivity index (χ0) is 20.5. The molecule has 5 nitrogen and oxygen atoms in total. The first-order valence-electron chi connectivity index (χ1n) is 10.3. The highest BCUT2D eigenvalue weighted by atomic mass is 32.2. The zero-order valence-electron chi connectivity index (χ0n) is 17.4. The molecule has 0 aromatic heterocycles. The Hall–Kier alpha value is -2.34. The van der Waals surface area contributed by atoms with Gasteiger partial charge in [-0.05, 0) is 37.5 Å². The maximum absolute atomic E-state index is 12.3. The van der Waals surface area contributed by atoms with Crippen LogP contribution < -0.4 is 15.5 Å². The molecular weight excluding hydrogens is 380 g/mol. The summed E-state index contributed by atoms with van der Waals surface area (Å²) in [7, 11) is 0.906. The number of aliphatic imine (C=N–C) groups is 1. The summed E-state index contributed by atoms with van der Waals surface area (Å²) in [4.78, 5) is 6.78. The van der Waals surface area contributed by atoms with E-state index in [9.17, 15) is 4.21 Å². The van der Waals surface area contributed by atoms with E-state index < -0.39 is 10.8 Å². The molecule has 3 rings (SSSR count). The molecule has 0 spiro atoms. The SMILES string of the molecule is CN=C(NCCS(=O)Cc1ccccc1)NC1CCCN(c2ccc(C)cc2)C1. The van der Waals surface area contributed by atoms with Crippen molar-refractivity contribution in [2.24, 2.45) is 4.99 Å². The van der Waals surface area contributed by atoms with Crippen LogP contribution in [0.2, 0.25) is 0 Å². The fourth-order valence-corrected chi connectivity index (χ4v) is 4.63. The van der Waals surface area contributed by atoms with E-state index in [0.717, 1.165) is 37.5 Å². The number of piperidine rings is 1. The Morgan fingerprint density at radius 2 is 1.93 bits per heavy atom. The Morgan fingerprint density at radius 1 is 1.17 bits per heavy atom. The lowest BCUT2D eigenvalue weighted by atomic mass is 10.0. The van der Waals surface area contributed by atoms with Crippen molar-refractivity contribution in [3.8, 4) is 0 Å². The van der Waals surface area contributed by atoms with E-state index in [0.29, 0.717) is 24.1 Å². The highest BCUT2D eigenvalue weighted by molar-refractivity contribution is 7.84. The van der Waals surface area contributed by atoms with Crippen molar-refractivity contribution in [3.05, 3.63) is 65.7 Å². The average molecular weight is 413 g/mol. The monoisotopic (exact) mass is 412 g/mol. The van der Waals surface area contributed by atoms with Gasteiger partial charge in [-0.25, -0.2) is 0 Å². The number of guanidine groups is 1. The Morgan fingerprint density at radius 3 is 2.66 bits per heavy atom. The topological polar surface area (TPSA) is 56.7 Å². The van der Waals surface area contributed by atoms with Crippen LogP contribution in [0.15, 0.2) is 59.6 Å². The predicted octanol–water partition coefficient (Wildman–Crippen LogP) is 3.08. The van der Waals surface area contributed by atoms with Crippen LogP contribution >= 0.6 is 0 Å². The van der Waals surface area contributed by atoms with Gasteiger partial charge in [0.05, 0.1) is 0 Å². The van der Waals surface area contributed by atoms with E-state index >= 15 is 0 Å². The fraction of sp³-hybridized carbons (Fsp3) is 0.435. The van der Waals surface area contributed by atoms with Gasteiger partial charge in [0.15, 0.2) is 5.96 Å². The molecule has 0 radical (unpaired) electrons. The minimum Gasteiger partial charge on any atom is -0.369 e. The average Bonchev–Trinajstić information content (AvgIpc) is 2.74. The number of anilines is 1. The van der Waals surface area contributed by atoms with E-state index in [-0.39, 0.29) is 0 Å². The van der Waals surface area contributed by atoms with Crippen molar-refractivity contribution in [2.75, 3.05) is 37.3 Å². The van der Waals surface area contributed by atoms with Crippen molar-refractivity contribution < 1.29 is 4.21 Å². The molecule has 29 heavy (non-hydrogen) atoms. The van der Waals surface area contributed by atoms with Gasteiger partial charge in [0.25, 0.3) is 0 Å². The molecule has 1 fully saturated rings. The standard InChI is InChI=1S/C23H32N4OS/c1-19-10-12-22(13-11-19)27-15-6-9-21(17-27)26-23(24-2)25-14-16-29(28)18-20-7-4-3-5-8-20/h3-5,7-8,10-13,21H,6,9,14-18H2,1-2H3,(H2,24,25,26). The molecular formula is C23H32N4OS. The van der Waals surface area contributed by atoms with Crippen LogP contribution in [0.25, 0.3) is 0 Å². The van der Waals surface area contributed by atoms with E-state index in [1.807, 2.05) is 30.3 Å². The van der Waals surface area contributed by atoms with Crippen LogP contribution in [-0.2, 0) is 16.6 Å². The van der Waals surface area contributed by atoms with Gasteiger partial charge in [-0.1, -0.05) is 48.0 Å². The second-order valence-electron chi connectivity index (χ2n) is 7.54. The van der Waals surface area contributed by atoms with Crippen LogP contribution in [0.3, 0.4) is 0 Å². The number of nitrogens with one attached hydrogen (secondary N) is 2. The van der Waals surface area contributed by atoms with Gasteiger partial charge in [-0.3, -0.25) is 9.20 Å². The molecule has 1 aliphatic rings. The molecule has 6 heteroatoms. The Bertz CT molecular complexity index is 807. The maximum Gasteiger partial charge on any atom is 0.191 e. The first-order chi connectivity index (χ1) is 14.1. The lowest BCUT2D eigenvalue weighted by Crippen LogP contribution is -2.51. The Labute approximate surface area is 177 Å². The van der Waals surface area contributed by atoms with E-state index in [1.165, 1.54) is 11.3 Å². The summed E-state index contributed by atoms with van der Waals surface area (Å²) in [5.74, 6) is 2.00. The van der Waals surface area contributed by atoms with Gasteiger partial charge in [0, 0.05) is 60.7 Å². The third kappa shape index (κ3) is 6.89. The quantitative estimate of drug-likeness (QED) is 0.542. The van der Waals surface area contributed by atoms with Crippen LogP contribution in [0.4, 0.5) is 5.69 Å². The van der Waals surface area contributed by atoms with Gasteiger partial charge in [-0.2, -0.15) is 0 Å². The van der Waals surface area contributed by atoms with Gasteiger partial charge in [0.2, 0.25) is 0 Å². The van der Waals surface area contributed by atoms with Crippen molar-refractivity contribution in [2.45, 2.75) is 31.6 Å². The zero-order valence-corrected chi connectivity index (χ0v) is 18.3. The van der Waals surface area contributed by atoms with Gasteiger partial charge >= 0.3 is 0 Å². The Kier molecular flexibility index (Phi) is 8.11. The summed E-state index contributed by atoms with van der Waals surface area (Å²) >= 11 is 0. The number of benzene rings is 2. The third-order valence-corrected chi connectivity index (χ3v) is 6.49. The third-order valence-electron chi connectivity index (χ3n) is 5.18. The summed E-state index contributed by atoms with van der Waals surface area (Å²) < 4.78 is 12.3. The largest absolute Gasteiger partial charge is 0.369 e. The molecule has 156 valence electrons. The molecule has 2 unspecified atom stereocenters. The fourth-order valence-electron chi connectivity index (χ4n) is 3.59. The minimum absolute atomic E-state index is 0.353. The van der Waals surface area contributed by atoms with E-state index in [1.54, 1.807) is 7.05 Å². The van der Waals surface area contributed by atoms with Crippen LogP contribution in [0.5, 0.6) is 0 Å². The number of hydrogen-bond donors (Lipinski definition) is 2. The molecule has 0 bridgehead atoms. The summed E-state index contributed by atoms with van der Waals surface area (Å²) in [6, 6.07) is 19.1. The van der Waals surface area contributed by atoms with E-state index in [2.05, 4.69) is 51.7 Å². The van der Waals surface area contributed by atoms with Crippen LogP contribution in [0, 0.1) is 6.92 Å². The summed E-state index contributed by atoms with van der Waals surface area (Å²) in [5.41, 5.74) is 3.68. The molecule has 1 heterocycles. The summed E-state index contributed by atoms with van der Waals surface area (Å²) in [6.45, 7) is 4.82. The predicted molar refractivity (Wildman–Crippen MR) is 124 cm³/mol. The van der Waals surface area contributed by atoms with E-state index in [4.69, 9.17) is 0 Å². The molecule has 0 amide bonds. The second-order valence-corrected chi connectivity index (χ2v) is 9.11. The highest BCUT2D eigenvalue weighted by Gasteiger charge is 2.21. The molecule has 1 aliphatic heterocycles. The second kappa shape index (κ2) is 11.0. The normalized spacial score (nSPS) is 18.3. The molecule has 2 N–H and O–H groups in total. The number of rotatable bonds is 7.